The molecule has 0 fully saturated rings. The normalized spacial score (nSPS) is 14.8. The molecular weight excluding hydrogens is 260 g/mol. The van der Waals surface area contributed by atoms with Gasteiger partial charge in [-0.1, -0.05) is 25.5 Å². The molecule has 3 rings (SSSR count). The molecule has 0 N–H and O–H groups in total. The average Bonchev–Trinajstić information content (AvgIpc) is 2.80. The number of fused-ring (bicyclic) bond motifs is 1. The first-order valence-corrected chi connectivity index (χ1v) is 7.15. The van der Waals surface area contributed by atoms with E-state index in [4.69, 9.17) is 0 Å². The predicted octanol–water partition coefficient (Wildman–Crippen LogP) is 4.23. The highest BCUT2D eigenvalue weighted by molar-refractivity contribution is 7.82. The molecule has 2 aromatic rings. The van der Waals surface area contributed by atoms with Crippen LogP contribution in [0.15, 0.2) is 35.9 Å². The van der Waals surface area contributed by atoms with Crippen LogP contribution in [-0.2, 0) is 6.42 Å². The number of hydrogen-bond acceptors (Lipinski definition) is 4. The second kappa shape index (κ2) is 4.44. The van der Waals surface area contributed by atoms with Crippen LogP contribution in [0, 0.1) is 6.92 Å². The number of rotatable bonds is 1. The molecule has 1 aliphatic rings. The summed E-state index contributed by atoms with van der Waals surface area (Å²) in [4.78, 5) is 4.53. The Morgan fingerprint density at radius 1 is 1.39 bits per heavy atom. The maximum Gasteiger partial charge on any atom is 0.0901 e. The van der Waals surface area contributed by atoms with Gasteiger partial charge in [0.15, 0.2) is 0 Å². The Bertz CT molecular complexity index is 616. The zero-order chi connectivity index (χ0) is 12.7. The van der Waals surface area contributed by atoms with Gasteiger partial charge in [-0.3, -0.25) is 4.31 Å². The first-order chi connectivity index (χ1) is 8.65. The lowest BCUT2D eigenvalue weighted by Crippen LogP contribution is -2.16. The summed E-state index contributed by atoms with van der Waals surface area (Å²) in [5, 5.41) is 3.21. The molecular formula is C14H14N2S2. The van der Waals surface area contributed by atoms with Gasteiger partial charge in [0, 0.05) is 16.6 Å². The lowest BCUT2D eigenvalue weighted by atomic mass is 9.98. The van der Waals surface area contributed by atoms with Crippen LogP contribution in [0.5, 0.6) is 0 Å². The number of aryl methyl sites for hydroxylation is 2. The van der Waals surface area contributed by atoms with Crippen LogP contribution in [0.2, 0.25) is 0 Å². The third-order valence-electron chi connectivity index (χ3n) is 3.20. The molecule has 0 radical (unpaired) electrons. The highest BCUT2D eigenvalue weighted by Gasteiger charge is 2.18. The number of aromatic nitrogens is 1. The quantitative estimate of drug-likeness (QED) is 0.783. The number of hydrogen-bond donors (Lipinski definition) is 1. The Balaban J connectivity index is 2.04. The minimum atomic E-state index is 0.968. The van der Waals surface area contributed by atoms with Gasteiger partial charge in [-0.15, -0.1) is 11.3 Å². The molecule has 0 amide bonds. The molecule has 1 aromatic heterocycles. The average molecular weight is 274 g/mol. The number of allylic oxidation sites excluding steroid dienone is 1. The SMILES string of the molecule is C=C1CCc2cc(-c3csc(C)n3)ccc2N1S. The summed E-state index contributed by atoms with van der Waals surface area (Å²) in [5.74, 6) is 0. The van der Waals surface area contributed by atoms with Crippen molar-refractivity contribution in [2.24, 2.45) is 0 Å². The maximum atomic E-state index is 4.53. The van der Waals surface area contributed by atoms with Gasteiger partial charge in [0.1, 0.15) is 0 Å². The molecule has 0 aliphatic carbocycles. The standard InChI is InChI=1S/C14H14N2S2/c1-9-3-4-12-7-11(5-6-14(12)16(9)17)13-8-18-10(2)15-13/h5-8,17H,1,3-4H2,2H3. The Labute approximate surface area is 117 Å². The van der Waals surface area contributed by atoms with E-state index in [0.717, 1.165) is 34.9 Å². The first kappa shape index (κ1) is 11.8. The van der Waals surface area contributed by atoms with Crippen LogP contribution >= 0.6 is 24.2 Å². The summed E-state index contributed by atoms with van der Waals surface area (Å²) in [6.07, 6.45) is 2.00. The van der Waals surface area contributed by atoms with E-state index in [1.165, 1.54) is 11.1 Å². The van der Waals surface area contributed by atoms with E-state index in [9.17, 15) is 0 Å². The summed E-state index contributed by atoms with van der Waals surface area (Å²) < 4.78 is 1.88. The van der Waals surface area contributed by atoms with Crippen LogP contribution in [-0.4, -0.2) is 4.98 Å². The fourth-order valence-corrected chi connectivity index (χ4v) is 3.12. The molecule has 2 nitrogen and oxygen atoms in total. The monoisotopic (exact) mass is 274 g/mol. The Morgan fingerprint density at radius 3 is 2.94 bits per heavy atom. The summed E-state index contributed by atoms with van der Waals surface area (Å²) in [5.41, 5.74) is 5.77. The fourth-order valence-electron chi connectivity index (χ4n) is 2.20. The number of benzene rings is 1. The minimum Gasteiger partial charge on any atom is -0.292 e. The second-order valence-corrected chi connectivity index (χ2v) is 5.94. The molecule has 0 unspecified atom stereocenters. The molecule has 18 heavy (non-hydrogen) atoms. The van der Waals surface area contributed by atoms with Gasteiger partial charge in [-0.05, 0) is 37.5 Å². The second-order valence-electron chi connectivity index (χ2n) is 4.47. The van der Waals surface area contributed by atoms with Crippen molar-refractivity contribution < 1.29 is 0 Å². The predicted molar refractivity (Wildman–Crippen MR) is 81.2 cm³/mol. The molecule has 2 heterocycles. The van der Waals surface area contributed by atoms with Crippen LogP contribution < -0.4 is 4.31 Å². The van der Waals surface area contributed by atoms with E-state index in [-0.39, 0.29) is 0 Å². The number of thiazole rings is 1. The molecule has 0 saturated heterocycles. The van der Waals surface area contributed by atoms with Gasteiger partial charge in [0.2, 0.25) is 0 Å². The minimum absolute atomic E-state index is 0.968. The van der Waals surface area contributed by atoms with E-state index in [0.29, 0.717) is 0 Å². The smallest absolute Gasteiger partial charge is 0.0901 e. The van der Waals surface area contributed by atoms with Crippen molar-refractivity contribution in [2.45, 2.75) is 19.8 Å². The van der Waals surface area contributed by atoms with E-state index >= 15 is 0 Å². The van der Waals surface area contributed by atoms with Crippen molar-refractivity contribution in [3.8, 4) is 11.3 Å². The third kappa shape index (κ3) is 1.95. The molecule has 0 spiro atoms. The van der Waals surface area contributed by atoms with Gasteiger partial charge in [0.25, 0.3) is 0 Å². The van der Waals surface area contributed by atoms with Crippen molar-refractivity contribution in [1.82, 2.24) is 4.98 Å². The number of thiol groups is 1. The molecule has 0 atom stereocenters. The summed E-state index contributed by atoms with van der Waals surface area (Å²) in [6.45, 7) is 6.05. The van der Waals surface area contributed by atoms with E-state index in [2.05, 4.69) is 48.0 Å². The van der Waals surface area contributed by atoms with E-state index < -0.39 is 0 Å². The van der Waals surface area contributed by atoms with Gasteiger partial charge in [-0.25, -0.2) is 4.98 Å². The highest BCUT2D eigenvalue weighted by Crippen LogP contribution is 2.36. The number of nitrogens with zero attached hydrogens (tertiary/aromatic N) is 2. The topological polar surface area (TPSA) is 16.1 Å². The molecule has 92 valence electrons. The summed E-state index contributed by atoms with van der Waals surface area (Å²) in [6, 6.07) is 6.44. The first-order valence-electron chi connectivity index (χ1n) is 5.87. The van der Waals surface area contributed by atoms with Crippen molar-refractivity contribution in [3.05, 3.63) is 46.4 Å². The van der Waals surface area contributed by atoms with Gasteiger partial charge in [-0.2, -0.15) is 0 Å². The Kier molecular flexibility index (Phi) is 2.92. The van der Waals surface area contributed by atoms with Crippen molar-refractivity contribution in [3.63, 3.8) is 0 Å². The van der Waals surface area contributed by atoms with E-state index in [1.54, 1.807) is 11.3 Å². The van der Waals surface area contributed by atoms with E-state index in [1.807, 2.05) is 11.2 Å². The summed E-state index contributed by atoms with van der Waals surface area (Å²) in [7, 11) is 0. The summed E-state index contributed by atoms with van der Waals surface area (Å²) >= 11 is 6.17. The maximum absolute atomic E-state index is 4.53. The van der Waals surface area contributed by atoms with Gasteiger partial charge >= 0.3 is 0 Å². The molecule has 0 bridgehead atoms. The van der Waals surface area contributed by atoms with Crippen molar-refractivity contribution >= 4 is 29.8 Å². The highest BCUT2D eigenvalue weighted by atomic mass is 32.1. The third-order valence-corrected chi connectivity index (χ3v) is 4.48. The van der Waals surface area contributed by atoms with Crippen molar-refractivity contribution in [1.29, 1.82) is 0 Å². The fraction of sp³-hybridized carbons (Fsp3) is 0.214. The molecule has 0 saturated carbocycles. The van der Waals surface area contributed by atoms with Gasteiger partial charge in [0.05, 0.1) is 16.4 Å². The zero-order valence-corrected chi connectivity index (χ0v) is 11.9. The largest absolute Gasteiger partial charge is 0.292 e. The molecule has 1 aliphatic heterocycles. The van der Waals surface area contributed by atoms with Crippen LogP contribution in [0.25, 0.3) is 11.3 Å². The van der Waals surface area contributed by atoms with Gasteiger partial charge < -0.3 is 0 Å². The zero-order valence-electron chi connectivity index (χ0n) is 10.2. The lowest BCUT2D eigenvalue weighted by molar-refractivity contribution is 0.893. The number of anilines is 1. The molecule has 1 aromatic carbocycles. The molecule has 4 heteroatoms. The van der Waals surface area contributed by atoms with Crippen LogP contribution in [0.3, 0.4) is 0 Å². The van der Waals surface area contributed by atoms with Crippen LogP contribution in [0.1, 0.15) is 17.0 Å². The Morgan fingerprint density at radius 2 is 2.22 bits per heavy atom. The Hall–Kier alpha value is -1.26. The van der Waals surface area contributed by atoms with Crippen LogP contribution in [0.4, 0.5) is 5.69 Å². The van der Waals surface area contributed by atoms with Crippen molar-refractivity contribution in [2.75, 3.05) is 4.31 Å². The lowest BCUT2D eigenvalue weighted by Gasteiger charge is -2.28.